The Morgan fingerprint density at radius 2 is 1.70 bits per heavy atom. The van der Waals surface area contributed by atoms with Crippen molar-refractivity contribution in [1.29, 1.82) is 0 Å². The Labute approximate surface area is 144 Å². The van der Waals surface area contributed by atoms with Gasteiger partial charge in [-0.2, -0.15) is 0 Å². The molecule has 23 heavy (non-hydrogen) atoms. The van der Waals surface area contributed by atoms with Gasteiger partial charge < -0.3 is 9.47 Å². The van der Waals surface area contributed by atoms with E-state index in [0.29, 0.717) is 6.42 Å². The second-order valence-electron chi connectivity index (χ2n) is 5.93. The summed E-state index contributed by atoms with van der Waals surface area (Å²) in [5.41, 5.74) is 2.42. The van der Waals surface area contributed by atoms with E-state index in [9.17, 15) is 4.79 Å². The van der Waals surface area contributed by atoms with E-state index in [1.165, 1.54) is 5.69 Å². The van der Waals surface area contributed by atoms with Gasteiger partial charge in [-0.3, -0.25) is 9.69 Å². The second kappa shape index (κ2) is 8.18. The van der Waals surface area contributed by atoms with E-state index in [-0.39, 0.29) is 18.3 Å². The third-order valence-corrected chi connectivity index (χ3v) is 4.36. The molecular weight excluding hydrogens is 310 g/mol. The fraction of sp³-hybridized carbons (Fsp3) is 0.389. The smallest absolute Gasteiger partial charge is 0.227 e. The summed E-state index contributed by atoms with van der Waals surface area (Å²) in [6, 6.07) is 14.2. The number of benzene rings is 1. The lowest BCUT2D eigenvalue weighted by molar-refractivity contribution is -0.132. The monoisotopic (exact) mass is 333 g/mol. The maximum atomic E-state index is 12.3. The van der Waals surface area contributed by atoms with E-state index in [1.54, 1.807) is 0 Å². The van der Waals surface area contributed by atoms with Crippen molar-refractivity contribution in [3.8, 4) is 0 Å². The van der Waals surface area contributed by atoms with Crippen molar-refractivity contribution in [3.05, 3.63) is 59.9 Å². The van der Waals surface area contributed by atoms with E-state index in [4.69, 9.17) is 0 Å². The molecule has 1 aliphatic rings. The van der Waals surface area contributed by atoms with Crippen molar-refractivity contribution in [2.45, 2.75) is 13.0 Å². The maximum Gasteiger partial charge on any atom is 0.227 e. The number of piperazine rings is 1. The number of aromatic nitrogens is 1. The minimum Gasteiger partial charge on any atom is -0.353 e. The van der Waals surface area contributed by atoms with Crippen LogP contribution in [0, 0.1) is 0 Å². The fourth-order valence-corrected chi connectivity index (χ4v) is 2.93. The molecule has 2 heterocycles. The molecule has 4 nitrogen and oxygen atoms in total. The van der Waals surface area contributed by atoms with Crippen LogP contribution in [0.4, 0.5) is 0 Å². The molecule has 0 spiro atoms. The molecule has 0 unspecified atom stereocenters. The number of carbonyl (C=O) groups excluding carboxylic acids is 1. The lowest BCUT2D eigenvalue weighted by Crippen LogP contribution is -2.48. The summed E-state index contributed by atoms with van der Waals surface area (Å²) in [6.07, 6.45) is 2.59. The maximum absolute atomic E-state index is 12.3. The second-order valence-corrected chi connectivity index (χ2v) is 5.93. The summed E-state index contributed by atoms with van der Waals surface area (Å²) in [5.74, 6) is 0.240. The highest BCUT2D eigenvalue weighted by atomic mass is 35.5. The first kappa shape index (κ1) is 17.6. The molecule has 5 heteroatoms. The molecule has 1 amide bonds. The van der Waals surface area contributed by atoms with Crippen LogP contribution < -0.4 is 0 Å². The lowest BCUT2D eigenvalue weighted by Gasteiger charge is -2.34. The summed E-state index contributed by atoms with van der Waals surface area (Å²) < 4.78 is 2.16. The molecule has 0 radical (unpaired) electrons. The number of aryl methyl sites for hydroxylation is 1. The van der Waals surface area contributed by atoms with Crippen molar-refractivity contribution in [1.82, 2.24) is 14.4 Å². The summed E-state index contributed by atoms with van der Waals surface area (Å²) in [4.78, 5) is 16.8. The van der Waals surface area contributed by atoms with E-state index in [1.807, 2.05) is 35.2 Å². The Bertz CT molecular complexity index is 618. The summed E-state index contributed by atoms with van der Waals surface area (Å²) in [7, 11) is 2.08. The quantitative estimate of drug-likeness (QED) is 0.859. The van der Waals surface area contributed by atoms with Crippen LogP contribution in [0.25, 0.3) is 0 Å². The van der Waals surface area contributed by atoms with Gasteiger partial charge in [0.25, 0.3) is 0 Å². The molecule has 0 bridgehead atoms. The van der Waals surface area contributed by atoms with Gasteiger partial charge >= 0.3 is 0 Å². The SMILES string of the molecule is Cl.Cn1cccc1CN1CCN(C(=O)Cc2ccccc2)CC1. The van der Waals surface area contributed by atoms with E-state index in [0.717, 1.165) is 38.3 Å². The molecule has 0 atom stereocenters. The normalized spacial score (nSPS) is 15.3. The molecule has 1 aliphatic heterocycles. The predicted octanol–water partition coefficient (Wildman–Crippen LogP) is 2.33. The van der Waals surface area contributed by atoms with E-state index >= 15 is 0 Å². The van der Waals surface area contributed by atoms with Crippen molar-refractivity contribution in [2.75, 3.05) is 26.2 Å². The molecule has 124 valence electrons. The summed E-state index contributed by atoms with van der Waals surface area (Å²) in [6.45, 7) is 4.52. The molecule has 1 aromatic heterocycles. The first-order valence-electron chi connectivity index (χ1n) is 7.86. The molecule has 1 fully saturated rings. The van der Waals surface area contributed by atoms with Crippen LogP contribution in [0.1, 0.15) is 11.3 Å². The minimum absolute atomic E-state index is 0. The Hall–Kier alpha value is -1.78. The molecular formula is C18H24ClN3O. The number of halogens is 1. The Morgan fingerprint density at radius 1 is 1.00 bits per heavy atom. The first-order valence-corrected chi connectivity index (χ1v) is 7.86. The van der Waals surface area contributed by atoms with Gasteiger partial charge in [0.15, 0.2) is 0 Å². The average Bonchev–Trinajstić information content (AvgIpc) is 2.94. The minimum atomic E-state index is 0. The highest BCUT2D eigenvalue weighted by molar-refractivity contribution is 5.85. The zero-order valence-electron chi connectivity index (χ0n) is 13.5. The first-order chi connectivity index (χ1) is 10.7. The molecule has 0 aliphatic carbocycles. The van der Waals surface area contributed by atoms with Crippen LogP contribution in [-0.2, 0) is 24.8 Å². The highest BCUT2D eigenvalue weighted by Crippen LogP contribution is 2.10. The molecule has 0 N–H and O–H groups in total. The Morgan fingerprint density at radius 3 is 2.30 bits per heavy atom. The Balaban J connectivity index is 0.00000192. The van der Waals surface area contributed by atoms with Gasteiger partial charge in [-0.15, -0.1) is 12.4 Å². The van der Waals surface area contributed by atoms with Gasteiger partial charge in [0.2, 0.25) is 5.91 Å². The van der Waals surface area contributed by atoms with Gasteiger partial charge in [0.1, 0.15) is 0 Å². The average molecular weight is 334 g/mol. The van der Waals surface area contributed by atoms with Crippen LogP contribution in [0.15, 0.2) is 48.7 Å². The number of carbonyl (C=O) groups is 1. The highest BCUT2D eigenvalue weighted by Gasteiger charge is 2.21. The molecule has 2 aromatic rings. The van der Waals surface area contributed by atoms with Gasteiger partial charge in [-0.1, -0.05) is 30.3 Å². The van der Waals surface area contributed by atoms with Crippen LogP contribution in [-0.4, -0.2) is 46.5 Å². The third kappa shape index (κ3) is 4.60. The molecule has 0 saturated carbocycles. The topological polar surface area (TPSA) is 28.5 Å². The number of hydrogen-bond donors (Lipinski definition) is 0. The van der Waals surface area contributed by atoms with Crippen molar-refractivity contribution < 1.29 is 4.79 Å². The number of nitrogens with zero attached hydrogens (tertiary/aromatic N) is 3. The van der Waals surface area contributed by atoms with Crippen LogP contribution in [0.5, 0.6) is 0 Å². The number of rotatable bonds is 4. The van der Waals surface area contributed by atoms with Gasteiger partial charge in [-0.25, -0.2) is 0 Å². The molecule has 1 saturated heterocycles. The zero-order valence-corrected chi connectivity index (χ0v) is 14.3. The van der Waals surface area contributed by atoms with Crippen LogP contribution >= 0.6 is 12.4 Å². The lowest BCUT2D eigenvalue weighted by atomic mass is 10.1. The fourth-order valence-electron chi connectivity index (χ4n) is 2.93. The standard InChI is InChI=1S/C18H23N3O.ClH/c1-19-9-5-8-17(19)15-20-10-12-21(13-11-20)18(22)14-16-6-3-2-4-7-16;/h2-9H,10-15H2,1H3;1H. The van der Waals surface area contributed by atoms with Crippen molar-refractivity contribution in [2.24, 2.45) is 7.05 Å². The van der Waals surface area contributed by atoms with E-state index < -0.39 is 0 Å². The van der Waals surface area contributed by atoms with Crippen molar-refractivity contribution in [3.63, 3.8) is 0 Å². The predicted molar refractivity (Wildman–Crippen MR) is 94.7 cm³/mol. The van der Waals surface area contributed by atoms with Crippen molar-refractivity contribution >= 4 is 18.3 Å². The van der Waals surface area contributed by atoms with Gasteiger partial charge in [0, 0.05) is 51.7 Å². The Kier molecular flexibility index (Phi) is 6.25. The summed E-state index contributed by atoms with van der Waals surface area (Å²) >= 11 is 0. The van der Waals surface area contributed by atoms with Gasteiger partial charge in [-0.05, 0) is 17.7 Å². The van der Waals surface area contributed by atoms with E-state index in [2.05, 4.69) is 34.8 Å². The van der Waals surface area contributed by atoms with Gasteiger partial charge in [0.05, 0.1) is 6.42 Å². The molecule has 3 rings (SSSR count). The van der Waals surface area contributed by atoms with Crippen LogP contribution in [0.2, 0.25) is 0 Å². The number of hydrogen-bond acceptors (Lipinski definition) is 2. The number of amides is 1. The largest absolute Gasteiger partial charge is 0.353 e. The summed E-state index contributed by atoms with van der Waals surface area (Å²) in [5, 5.41) is 0. The molecule has 1 aromatic carbocycles. The zero-order chi connectivity index (χ0) is 15.4. The third-order valence-electron chi connectivity index (χ3n) is 4.36. The van der Waals surface area contributed by atoms with Crippen LogP contribution in [0.3, 0.4) is 0 Å².